The lowest BCUT2D eigenvalue weighted by Crippen LogP contribution is -2.51. The SMILES string of the molecule is Cc1ccc(NC(=O)CSC(C)C(=O)N2CCN(c3ccccn3)CC2)cc1. The number of benzene rings is 1. The highest BCUT2D eigenvalue weighted by Gasteiger charge is 2.26. The first-order valence-electron chi connectivity index (χ1n) is 9.46. The number of carbonyl (C=O) groups is 2. The number of rotatable bonds is 6. The maximum absolute atomic E-state index is 12.7. The standard InChI is InChI=1S/C21H26N4O2S/c1-16-6-8-18(9-7-16)23-20(26)15-28-17(2)21(27)25-13-11-24(12-14-25)19-5-3-4-10-22-19/h3-10,17H,11-15H2,1-2H3,(H,23,26). The van der Waals surface area contributed by atoms with Crippen LogP contribution in [0.25, 0.3) is 0 Å². The second-order valence-corrected chi connectivity index (χ2v) is 8.20. The Labute approximate surface area is 170 Å². The molecule has 1 unspecified atom stereocenters. The van der Waals surface area contributed by atoms with E-state index in [0.717, 1.165) is 30.2 Å². The molecule has 2 aromatic rings. The van der Waals surface area contributed by atoms with Crippen molar-refractivity contribution in [1.82, 2.24) is 9.88 Å². The molecule has 1 atom stereocenters. The average Bonchev–Trinajstić information content (AvgIpc) is 2.74. The number of piperazine rings is 1. The van der Waals surface area contributed by atoms with Gasteiger partial charge in [-0.15, -0.1) is 11.8 Å². The average molecular weight is 399 g/mol. The Hall–Kier alpha value is -2.54. The molecule has 1 aromatic heterocycles. The van der Waals surface area contributed by atoms with Crippen LogP contribution in [0.4, 0.5) is 11.5 Å². The third kappa shape index (κ3) is 5.48. The van der Waals surface area contributed by atoms with Crippen molar-refractivity contribution < 1.29 is 9.59 Å². The summed E-state index contributed by atoms with van der Waals surface area (Å²) in [5.41, 5.74) is 1.93. The lowest BCUT2D eigenvalue weighted by atomic mass is 10.2. The zero-order valence-corrected chi connectivity index (χ0v) is 17.1. The van der Waals surface area contributed by atoms with Crippen LogP contribution in [-0.4, -0.2) is 58.9 Å². The first kappa shape index (κ1) is 20.2. The van der Waals surface area contributed by atoms with Crippen molar-refractivity contribution >= 4 is 35.1 Å². The minimum atomic E-state index is -0.245. The van der Waals surface area contributed by atoms with Crippen LogP contribution in [0.1, 0.15) is 12.5 Å². The normalized spacial score (nSPS) is 15.2. The molecule has 1 saturated heterocycles. The molecule has 0 spiro atoms. The molecular weight excluding hydrogens is 372 g/mol. The van der Waals surface area contributed by atoms with Gasteiger partial charge in [0, 0.05) is 38.1 Å². The van der Waals surface area contributed by atoms with Gasteiger partial charge in [0.05, 0.1) is 11.0 Å². The molecule has 1 aliphatic rings. The number of nitrogens with zero attached hydrogens (tertiary/aromatic N) is 3. The first-order chi connectivity index (χ1) is 13.5. The van der Waals surface area contributed by atoms with E-state index in [-0.39, 0.29) is 22.8 Å². The van der Waals surface area contributed by atoms with Crippen LogP contribution < -0.4 is 10.2 Å². The molecule has 0 aliphatic carbocycles. The number of carbonyl (C=O) groups excluding carboxylic acids is 2. The molecular formula is C21H26N4O2S. The number of pyridine rings is 1. The Morgan fingerprint density at radius 3 is 2.46 bits per heavy atom. The highest BCUT2D eigenvalue weighted by molar-refractivity contribution is 8.01. The smallest absolute Gasteiger partial charge is 0.235 e. The van der Waals surface area contributed by atoms with Crippen LogP contribution >= 0.6 is 11.8 Å². The summed E-state index contributed by atoms with van der Waals surface area (Å²) in [6.07, 6.45) is 1.78. The number of aromatic nitrogens is 1. The quantitative estimate of drug-likeness (QED) is 0.811. The van der Waals surface area contributed by atoms with Crippen molar-refractivity contribution in [3.8, 4) is 0 Å². The fourth-order valence-electron chi connectivity index (χ4n) is 3.06. The highest BCUT2D eigenvalue weighted by Crippen LogP contribution is 2.18. The fraction of sp³-hybridized carbons (Fsp3) is 0.381. The highest BCUT2D eigenvalue weighted by atomic mass is 32.2. The Morgan fingerprint density at radius 1 is 1.11 bits per heavy atom. The lowest BCUT2D eigenvalue weighted by molar-refractivity contribution is -0.130. The number of amides is 2. The summed E-state index contributed by atoms with van der Waals surface area (Å²) in [5.74, 6) is 1.21. The van der Waals surface area contributed by atoms with E-state index >= 15 is 0 Å². The number of aryl methyl sites for hydroxylation is 1. The Balaban J connectivity index is 1.42. The van der Waals surface area contributed by atoms with E-state index in [2.05, 4.69) is 15.2 Å². The van der Waals surface area contributed by atoms with Gasteiger partial charge in [-0.1, -0.05) is 23.8 Å². The summed E-state index contributed by atoms with van der Waals surface area (Å²) in [4.78, 5) is 33.3. The van der Waals surface area contributed by atoms with Gasteiger partial charge in [0.15, 0.2) is 0 Å². The summed E-state index contributed by atoms with van der Waals surface area (Å²) < 4.78 is 0. The third-order valence-electron chi connectivity index (χ3n) is 4.71. The number of hydrogen-bond acceptors (Lipinski definition) is 5. The van der Waals surface area contributed by atoms with Gasteiger partial charge in [-0.2, -0.15) is 0 Å². The zero-order chi connectivity index (χ0) is 19.9. The molecule has 1 fully saturated rings. The van der Waals surface area contributed by atoms with Gasteiger partial charge < -0.3 is 15.1 Å². The largest absolute Gasteiger partial charge is 0.353 e. The molecule has 3 rings (SSSR count). The van der Waals surface area contributed by atoms with Gasteiger partial charge in [-0.05, 0) is 38.1 Å². The van der Waals surface area contributed by atoms with Crippen molar-refractivity contribution in [3.05, 3.63) is 54.2 Å². The molecule has 1 aromatic carbocycles. The van der Waals surface area contributed by atoms with Gasteiger partial charge in [-0.25, -0.2) is 4.98 Å². The number of thioether (sulfide) groups is 1. The van der Waals surface area contributed by atoms with E-state index in [1.165, 1.54) is 11.8 Å². The first-order valence-corrected chi connectivity index (χ1v) is 10.5. The zero-order valence-electron chi connectivity index (χ0n) is 16.3. The minimum Gasteiger partial charge on any atom is -0.353 e. The van der Waals surface area contributed by atoms with E-state index < -0.39 is 0 Å². The number of nitrogens with one attached hydrogen (secondary N) is 1. The molecule has 28 heavy (non-hydrogen) atoms. The molecule has 0 radical (unpaired) electrons. The van der Waals surface area contributed by atoms with Crippen LogP contribution in [0, 0.1) is 6.92 Å². The van der Waals surface area contributed by atoms with Crippen LogP contribution in [0.2, 0.25) is 0 Å². The topological polar surface area (TPSA) is 65.5 Å². The van der Waals surface area contributed by atoms with Crippen molar-refractivity contribution in [2.24, 2.45) is 0 Å². The predicted molar refractivity (Wildman–Crippen MR) is 115 cm³/mol. The summed E-state index contributed by atoms with van der Waals surface area (Å²) in [7, 11) is 0. The van der Waals surface area contributed by atoms with E-state index in [1.807, 2.05) is 61.2 Å². The summed E-state index contributed by atoms with van der Waals surface area (Å²) in [6.45, 7) is 6.77. The molecule has 148 valence electrons. The van der Waals surface area contributed by atoms with Crippen molar-refractivity contribution in [2.75, 3.05) is 42.1 Å². The summed E-state index contributed by atoms with van der Waals surface area (Å²) >= 11 is 1.38. The summed E-state index contributed by atoms with van der Waals surface area (Å²) in [6, 6.07) is 13.5. The molecule has 2 amide bonds. The van der Waals surface area contributed by atoms with E-state index in [0.29, 0.717) is 13.1 Å². The molecule has 2 heterocycles. The Morgan fingerprint density at radius 2 is 1.82 bits per heavy atom. The second kappa shape index (κ2) is 9.59. The Kier molecular flexibility index (Phi) is 6.92. The summed E-state index contributed by atoms with van der Waals surface area (Å²) in [5, 5.41) is 2.62. The molecule has 0 bridgehead atoms. The number of anilines is 2. The van der Waals surface area contributed by atoms with Gasteiger partial charge in [0.1, 0.15) is 5.82 Å². The Bertz CT molecular complexity index is 790. The number of hydrogen-bond donors (Lipinski definition) is 1. The fourth-order valence-corrected chi connectivity index (χ4v) is 3.82. The van der Waals surface area contributed by atoms with Crippen LogP contribution in [0.15, 0.2) is 48.7 Å². The van der Waals surface area contributed by atoms with Gasteiger partial charge in [-0.3, -0.25) is 9.59 Å². The van der Waals surface area contributed by atoms with Gasteiger partial charge in [0.2, 0.25) is 11.8 Å². The molecule has 6 nitrogen and oxygen atoms in total. The minimum absolute atomic E-state index is 0.0894. The van der Waals surface area contributed by atoms with Crippen LogP contribution in [0.3, 0.4) is 0 Å². The molecule has 1 N–H and O–H groups in total. The van der Waals surface area contributed by atoms with Crippen molar-refractivity contribution in [1.29, 1.82) is 0 Å². The van der Waals surface area contributed by atoms with Crippen LogP contribution in [0.5, 0.6) is 0 Å². The third-order valence-corrected chi connectivity index (χ3v) is 5.84. The molecule has 1 aliphatic heterocycles. The molecule has 0 saturated carbocycles. The second-order valence-electron chi connectivity index (χ2n) is 6.87. The van der Waals surface area contributed by atoms with E-state index in [1.54, 1.807) is 6.20 Å². The van der Waals surface area contributed by atoms with Crippen molar-refractivity contribution in [3.63, 3.8) is 0 Å². The van der Waals surface area contributed by atoms with Crippen molar-refractivity contribution in [2.45, 2.75) is 19.1 Å². The molecule has 7 heteroatoms. The maximum Gasteiger partial charge on any atom is 0.235 e. The maximum atomic E-state index is 12.7. The monoisotopic (exact) mass is 398 g/mol. The van der Waals surface area contributed by atoms with E-state index in [4.69, 9.17) is 0 Å². The van der Waals surface area contributed by atoms with Crippen LogP contribution in [-0.2, 0) is 9.59 Å². The lowest BCUT2D eigenvalue weighted by Gasteiger charge is -2.36. The van der Waals surface area contributed by atoms with Gasteiger partial charge in [0.25, 0.3) is 0 Å². The van der Waals surface area contributed by atoms with E-state index in [9.17, 15) is 9.59 Å². The predicted octanol–water partition coefficient (Wildman–Crippen LogP) is 2.80. The van der Waals surface area contributed by atoms with Gasteiger partial charge >= 0.3 is 0 Å².